The molecule has 4 N–H and O–H groups in total. The van der Waals surface area contributed by atoms with Crippen molar-refractivity contribution in [3.63, 3.8) is 0 Å². The van der Waals surface area contributed by atoms with Gasteiger partial charge in [0.1, 0.15) is 0 Å². The molecular weight excluding hydrogens is 166 g/mol. The van der Waals surface area contributed by atoms with Crippen LogP contribution in [0.25, 0.3) is 0 Å². The van der Waals surface area contributed by atoms with E-state index in [1.54, 1.807) is 0 Å². The number of hydrogen-bond acceptors (Lipinski definition) is 3. The lowest BCUT2D eigenvalue weighted by molar-refractivity contribution is -0.118. The highest BCUT2D eigenvalue weighted by molar-refractivity contribution is 5.74. The van der Waals surface area contributed by atoms with Crippen molar-refractivity contribution in [2.75, 3.05) is 19.6 Å². The molecule has 0 bridgehead atoms. The van der Waals surface area contributed by atoms with E-state index in [1.807, 2.05) is 0 Å². The summed E-state index contributed by atoms with van der Waals surface area (Å²) in [6.07, 6.45) is 2.82. The van der Waals surface area contributed by atoms with Crippen LogP contribution in [-0.4, -0.2) is 31.1 Å². The zero-order valence-corrected chi connectivity index (χ0v) is 7.81. The fraction of sp³-hybridized carbons (Fsp3) is 0.889. The average Bonchev–Trinajstić information content (AvgIpc) is 2.63. The second-order valence-electron chi connectivity index (χ2n) is 4.33. The number of nitrogens with two attached hydrogens (primary N) is 1. The topological polar surface area (TPSA) is 67.2 Å². The third-order valence-electron chi connectivity index (χ3n) is 3.18. The van der Waals surface area contributed by atoms with Gasteiger partial charge in [0.25, 0.3) is 0 Å². The fourth-order valence-electron chi connectivity index (χ4n) is 2.56. The SMILES string of the molecule is NC(=O)CC1CNC2(CCNC2)C1. The van der Waals surface area contributed by atoms with Gasteiger partial charge in [0.2, 0.25) is 5.91 Å². The zero-order valence-electron chi connectivity index (χ0n) is 7.81. The molecule has 4 nitrogen and oxygen atoms in total. The molecule has 0 saturated carbocycles. The highest BCUT2D eigenvalue weighted by atomic mass is 16.1. The monoisotopic (exact) mass is 183 g/mol. The Morgan fingerprint density at radius 2 is 2.46 bits per heavy atom. The standard InChI is InChI=1S/C9H17N3O/c10-8(13)3-7-4-9(12-5-7)1-2-11-6-9/h7,11-12H,1-6H2,(H2,10,13). The molecule has 0 aromatic rings. The fourth-order valence-corrected chi connectivity index (χ4v) is 2.56. The van der Waals surface area contributed by atoms with Crippen LogP contribution in [0.15, 0.2) is 0 Å². The maximum Gasteiger partial charge on any atom is 0.217 e. The van der Waals surface area contributed by atoms with Gasteiger partial charge in [-0.05, 0) is 31.8 Å². The van der Waals surface area contributed by atoms with Crippen molar-refractivity contribution in [2.45, 2.75) is 24.8 Å². The van der Waals surface area contributed by atoms with E-state index in [-0.39, 0.29) is 11.4 Å². The van der Waals surface area contributed by atoms with Crippen LogP contribution in [0.2, 0.25) is 0 Å². The normalized spacial score (nSPS) is 38.6. The Labute approximate surface area is 78.2 Å². The first-order valence-corrected chi connectivity index (χ1v) is 4.94. The number of rotatable bonds is 2. The van der Waals surface area contributed by atoms with Crippen molar-refractivity contribution in [1.82, 2.24) is 10.6 Å². The van der Waals surface area contributed by atoms with Crippen LogP contribution in [-0.2, 0) is 4.79 Å². The van der Waals surface area contributed by atoms with E-state index in [9.17, 15) is 4.79 Å². The van der Waals surface area contributed by atoms with Crippen LogP contribution in [0, 0.1) is 5.92 Å². The summed E-state index contributed by atoms with van der Waals surface area (Å²) in [5.74, 6) is 0.284. The Balaban J connectivity index is 1.89. The number of carbonyl (C=O) groups is 1. The summed E-state index contributed by atoms with van der Waals surface area (Å²) in [7, 11) is 0. The molecule has 1 amide bonds. The van der Waals surface area contributed by atoms with Gasteiger partial charge >= 0.3 is 0 Å². The van der Waals surface area contributed by atoms with Gasteiger partial charge in [-0.25, -0.2) is 0 Å². The van der Waals surface area contributed by atoms with E-state index < -0.39 is 0 Å². The summed E-state index contributed by atoms with van der Waals surface area (Å²) < 4.78 is 0. The highest BCUT2D eigenvalue weighted by Gasteiger charge is 2.40. The van der Waals surface area contributed by atoms with Gasteiger partial charge in [-0.1, -0.05) is 0 Å². The first-order valence-electron chi connectivity index (χ1n) is 4.94. The van der Waals surface area contributed by atoms with E-state index in [4.69, 9.17) is 5.73 Å². The van der Waals surface area contributed by atoms with Crippen molar-refractivity contribution >= 4 is 5.91 Å². The quantitative estimate of drug-likeness (QED) is 0.525. The summed E-state index contributed by atoms with van der Waals surface area (Å²) in [6, 6.07) is 0. The molecule has 2 aliphatic rings. The average molecular weight is 183 g/mol. The Morgan fingerprint density at radius 3 is 3.08 bits per heavy atom. The molecule has 74 valence electrons. The molecule has 0 aliphatic carbocycles. The van der Waals surface area contributed by atoms with Gasteiger partial charge in [-0.15, -0.1) is 0 Å². The summed E-state index contributed by atoms with van der Waals surface area (Å²) >= 11 is 0. The smallest absolute Gasteiger partial charge is 0.217 e. The molecular formula is C9H17N3O. The number of hydrogen-bond donors (Lipinski definition) is 3. The van der Waals surface area contributed by atoms with E-state index in [2.05, 4.69) is 10.6 Å². The Morgan fingerprint density at radius 1 is 1.62 bits per heavy atom. The molecule has 2 heterocycles. The second-order valence-corrected chi connectivity index (χ2v) is 4.33. The lowest BCUT2D eigenvalue weighted by atomic mass is 9.90. The molecule has 2 unspecified atom stereocenters. The second kappa shape index (κ2) is 3.27. The van der Waals surface area contributed by atoms with Gasteiger partial charge in [-0.2, -0.15) is 0 Å². The maximum atomic E-state index is 10.7. The third-order valence-corrected chi connectivity index (χ3v) is 3.18. The number of carbonyl (C=O) groups excluding carboxylic acids is 1. The lowest BCUT2D eigenvalue weighted by Gasteiger charge is -2.21. The van der Waals surface area contributed by atoms with Crippen molar-refractivity contribution in [3.8, 4) is 0 Å². The van der Waals surface area contributed by atoms with Gasteiger partial charge in [0.15, 0.2) is 0 Å². The Hall–Kier alpha value is -0.610. The molecule has 2 rings (SSSR count). The summed E-state index contributed by atoms with van der Waals surface area (Å²) in [5, 5.41) is 6.87. The van der Waals surface area contributed by atoms with Crippen molar-refractivity contribution in [3.05, 3.63) is 0 Å². The molecule has 2 aliphatic heterocycles. The number of nitrogens with one attached hydrogen (secondary N) is 2. The summed E-state index contributed by atoms with van der Waals surface area (Å²) in [6.45, 7) is 3.09. The minimum atomic E-state index is -0.171. The molecule has 1 spiro atoms. The van der Waals surface area contributed by atoms with Crippen molar-refractivity contribution in [1.29, 1.82) is 0 Å². The Bertz CT molecular complexity index is 211. The predicted octanol–water partition coefficient (Wildman–Crippen LogP) is -0.797. The maximum absolute atomic E-state index is 10.7. The minimum Gasteiger partial charge on any atom is -0.370 e. The van der Waals surface area contributed by atoms with Crippen LogP contribution < -0.4 is 16.4 Å². The predicted molar refractivity (Wildman–Crippen MR) is 50.1 cm³/mol. The lowest BCUT2D eigenvalue weighted by Crippen LogP contribution is -2.41. The van der Waals surface area contributed by atoms with Crippen LogP contribution in [0.3, 0.4) is 0 Å². The largest absolute Gasteiger partial charge is 0.370 e. The highest BCUT2D eigenvalue weighted by Crippen LogP contribution is 2.30. The van der Waals surface area contributed by atoms with Gasteiger partial charge in [0.05, 0.1) is 0 Å². The Kier molecular flexibility index (Phi) is 2.26. The molecule has 2 atom stereocenters. The summed E-state index contributed by atoms with van der Waals surface area (Å²) in [4.78, 5) is 10.7. The van der Waals surface area contributed by atoms with Crippen molar-refractivity contribution < 1.29 is 4.79 Å². The van der Waals surface area contributed by atoms with Gasteiger partial charge < -0.3 is 16.4 Å². The third kappa shape index (κ3) is 1.84. The summed E-state index contributed by atoms with van der Waals surface area (Å²) in [5.41, 5.74) is 5.45. The van der Waals surface area contributed by atoms with Crippen LogP contribution in [0.1, 0.15) is 19.3 Å². The van der Waals surface area contributed by atoms with Crippen LogP contribution in [0.5, 0.6) is 0 Å². The molecule has 0 aromatic carbocycles. The van der Waals surface area contributed by atoms with Crippen LogP contribution >= 0.6 is 0 Å². The van der Waals surface area contributed by atoms with E-state index >= 15 is 0 Å². The molecule has 13 heavy (non-hydrogen) atoms. The van der Waals surface area contributed by atoms with E-state index in [1.165, 1.54) is 6.42 Å². The molecule has 0 radical (unpaired) electrons. The first-order chi connectivity index (χ1) is 6.20. The van der Waals surface area contributed by atoms with Gasteiger partial charge in [-0.3, -0.25) is 4.79 Å². The van der Waals surface area contributed by atoms with Crippen LogP contribution in [0.4, 0.5) is 0 Å². The van der Waals surface area contributed by atoms with E-state index in [0.29, 0.717) is 12.3 Å². The van der Waals surface area contributed by atoms with E-state index in [0.717, 1.165) is 26.1 Å². The minimum absolute atomic E-state index is 0.171. The number of amides is 1. The number of primary amides is 1. The first kappa shape index (κ1) is 8.97. The molecule has 0 aromatic heterocycles. The molecule has 4 heteroatoms. The molecule has 2 saturated heterocycles. The van der Waals surface area contributed by atoms with Gasteiger partial charge in [0, 0.05) is 18.5 Å². The molecule has 2 fully saturated rings. The van der Waals surface area contributed by atoms with Crippen molar-refractivity contribution in [2.24, 2.45) is 11.7 Å². The zero-order chi connectivity index (χ0) is 9.31.